The molecule has 5 rings (SSSR count). The summed E-state index contributed by atoms with van der Waals surface area (Å²) in [6, 6.07) is 16.2. The lowest BCUT2D eigenvalue weighted by atomic mass is 9.93. The van der Waals surface area contributed by atoms with Gasteiger partial charge in [-0.2, -0.15) is 5.26 Å². The summed E-state index contributed by atoms with van der Waals surface area (Å²) >= 11 is 0. The molecule has 1 aliphatic rings. The summed E-state index contributed by atoms with van der Waals surface area (Å²) in [5.41, 5.74) is 3.50. The Morgan fingerprint density at radius 1 is 1.03 bits per heavy atom. The monoisotopic (exact) mass is 528 g/mol. The lowest BCUT2D eigenvalue weighted by Gasteiger charge is -2.50. The summed E-state index contributed by atoms with van der Waals surface area (Å²) in [6.45, 7) is 5.37. The molecule has 200 valence electrons. The van der Waals surface area contributed by atoms with Crippen molar-refractivity contribution in [3.05, 3.63) is 99.7 Å². The number of pyridine rings is 3. The minimum atomic E-state index is -0.429. The molecular weight excluding hydrogens is 498 g/mol. The number of benzene rings is 1. The molecule has 1 aliphatic heterocycles. The van der Waals surface area contributed by atoms with E-state index in [2.05, 4.69) is 39.7 Å². The van der Waals surface area contributed by atoms with Crippen LogP contribution in [0.25, 0.3) is 11.0 Å². The van der Waals surface area contributed by atoms with E-state index in [1.165, 1.54) is 24.4 Å². The van der Waals surface area contributed by atoms with Crippen LogP contribution in [-0.2, 0) is 7.05 Å². The maximum atomic E-state index is 14.4. The fourth-order valence-corrected chi connectivity index (χ4v) is 5.65. The minimum Gasteiger partial charge on any atom is -0.364 e. The van der Waals surface area contributed by atoms with Crippen molar-refractivity contribution in [1.82, 2.24) is 19.4 Å². The number of hydrogen-bond acceptors (Lipinski definition) is 6. The highest BCUT2D eigenvalue weighted by molar-refractivity contribution is 5.89. The first-order valence-corrected chi connectivity index (χ1v) is 13.1. The molecule has 39 heavy (non-hydrogen) atoms. The van der Waals surface area contributed by atoms with E-state index in [1.54, 1.807) is 41.9 Å². The largest absolute Gasteiger partial charge is 0.364 e. The molecule has 0 saturated carbocycles. The number of halogens is 2. The van der Waals surface area contributed by atoms with Crippen molar-refractivity contribution in [3.63, 3.8) is 0 Å². The Bertz CT molecular complexity index is 1600. The van der Waals surface area contributed by atoms with Crippen LogP contribution >= 0.6 is 0 Å². The quantitative estimate of drug-likeness (QED) is 0.353. The Hall–Kier alpha value is -4.16. The van der Waals surface area contributed by atoms with Crippen LogP contribution in [0.5, 0.6) is 0 Å². The third-order valence-electron chi connectivity index (χ3n) is 7.70. The third kappa shape index (κ3) is 5.00. The van der Waals surface area contributed by atoms with E-state index in [-0.39, 0.29) is 35.2 Å². The first-order valence-electron chi connectivity index (χ1n) is 13.1. The molecule has 1 saturated heterocycles. The number of nitrogens with zero attached hydrogens (tertiary/aromatic N) is 6. The average molecular weight is 529 g/mol. The molecule has 0 bridgehead atoms. The second kappa shape index (κ2) is 10.9. The number of nitriles is 1. The van der Waals surface area contributed by atoms with Crippen LogP contribution in [0.1, 0.15) is 49.7 Å². The maximum absolute atomic E-state index is 14.4. The zero-order valence-electron chi connectivity index (χ0n) is 22.2. The van der Waals surface area contributed by atoms with Crippen molar-refractivity contribution in [2.24, 2.45) is 7.05 Å². The van der Waals surface area contributed by atoms with Crippen LogP contribution in [-0.4, -0.2) is 44.6 Å². The molecule has 0 N–H and O–H groups in total. The first-order chi connectivity index (χ1) is 18.8. The molecule has 3 atom stereocenters. The van der Waals surface area contributed by atoms with Gasteiger partial charge in [-0.3, -0.25) is 14.7 Å². The smallest absolute Gasteiger partial charge is 0.252 e. The summed E-state index contributed by atoms with van der Waals surface area (Å²) in [4.78, 5) is 26.5. The van der Waals surface area contributed by atoms with Gasteiger partial charge in [-0.1, -0.05) is 26.0 Å². The standard InChI is InChI=1S/C30H30F2N6O/c1-4-23-18-38(30(19-7-6-8-20(31)13-19)25-11-9-21(32)16-34-25)24(5-2)17-37(23)27-14-28(39)36(3)26-12-10-22(15-33)35-29(26)27/h6-14,16,23-24,30H,4-5,17-18H2,1-3H3/t23-,24-,30?/m0/s1. The molecule has 7 nitrogen and oxygen atoms in total. The molecule has 0 aliphatic carbocycles. The van der Waals surface area contributed by atoms with E-state index in [4.69, 9.17) is 0 Å². The third-order valence-corrected chi connectivity index (χ3v) is 7.70. The van der Waals surface area contributed by atoms with Gasteiger partial charge in [0.15, 0.2) is 0 Å². The Morgan fingerprint density at radius 2 is 1.82 bits per heavy atom. The highest BCUT2D eigenvalue weighted by Gasteiger charge is 2.38. The van der Waals surface area contributed by atoms with Gasteiger partial charge in [0.2, 0.25) is 0 Å². The number of piperazine rings is 1. The summed E-state index contributed by atoms with van der Waals surface area (Å²) in [6.07, 6.45) is 2.74. The highest BCUT2D eigenvalue weighted by atomic mass is 19.1. The Balaban J connectivity index is 1.61. The second-order valence-corrected chi connectivity index (χ2v) is 9.93. The lowest BCUT2D eigenvalue weighted by Crippen LogP contribution is -2.59. The molecule has 9 heteroatoms. The summed E-state index contributed by atoms with van der Waals surface area (Å²) in [5.74, 6) is -0.772. The topological polar surface area (TPSA) is 78.0 Å². The Kier molecular flexibility index (Phi) is 7.40. The molecule has 3 aromatic heterocycles. The number of hydrogen-bond donors (Lipinski definition) is 0. The van der Waals surface area contributed by atoms with Gasteiger partial charge in [-0.15, -0.1) is 0 Å². The molecule has 1 unspecified atom stereocenters. The molecule has 4 aromatic rings. The van der Waals surface area contributed by atoms with E-state index < -0.39 is 5.82 Å². The number of aryl methyl sites for hydroxylation is 1. The van der Waals surface area contributed by atoms with Crippen molar-refractivity contribution in [2.75, 3.05) is 18.0 Å². The normalized spacial score (nSPS) is 18.7. The van der Waals surface area contributed by atoms with Gasteiger partial charge in [-0.05, 0) is 54.8 Å². The fraction of sp³-hybridized carbons (Fsp3) is 0.333. The molecule has 1 aromatic carbocycles. The molecule has 0 amide bonds. The number of anilines is 1. The van der Waals surface area contributed by atoms with Crippen molar-refractivity contribution in [1.29, 1.82) is 5.26 Å². The van der Waals surface area contributed by atoms with E-state index in [9.17, 15) is 18.8 Å². The SMILES string of the molecule is CC[C@H]1CN(C(c2cccc(F)c2)c2ccc(F)cn2)[C@@H](CC)CN1c1cc(=O)n(C)c2ccc(C#N)nc12. The van der Waals surface area contributed by atoms with Gasteiger partial charge in [0.05, 0.1) is 29.1 Å². The number of aromatic nitrogens is 3. The van der Waals surface area contributed by atoms with Crippen LogP contribution in [0, 0.1) is 23.0 Å². The van der Waals surface area contributed by atoms with Crippen molar-refractivity contribution >= 4 is 16.7 Å². The van der Waals surface area contributed by atoms with E-state index in [0.29, 0.717) is 35.5 Å². The molecule has 0 spiro atoms. The van der Waals surface area contributed by atoms with Gasteiger partial charge < -0.3 is 9.47 Å². The zero-order valence-corrected chi connectivity index (χ0v) is 22.2. The van der Waals surface area contributed by atoms with Crippen molar-refractivity contribution in [2.45, 2.75) is 44.8 Å². The molecular formula is C30H30F2N6O. The second-order valence-electron chi connectivity index (χ2n) is 9.93. The summed E-state index contributed by atoms with van der Waals surface area (Å²) < 4.78 is 29.7. The zero-order chi connectivity index (χ0) is 27.7. The van der Waals surface area contributed by atoms with Gasteiger partial charge in [0.25, 0.3) is 5.56 Å². The van der Waals surface area contributed by atoms with Crippen LogP contribution in [0.15, 0.2) is 65.6 Å². The predicted octanol–water partition coefficient (Wildman–Crippen LogP) is 4.95. The maximum Gasteiger partial charge on any atom is 0.252 e. The van der Waals surface area contributed by atoms with Gasteiger partial charge in [-0.25, -0.2) is 13.8 Å². The van der Waals surface area contributed by atoms with Gasteiger partial charge in [0, 0.05) is 38.3 Å². The molecule has 0 radical (unpaired) electrons. The fourth-order valence-electron chi connectivity index (χ4n) is 5.65. The lowest BCUT2D eigenvalue weighted by molar-refractivity contribution is 0.109. The summed E-state index contributed by atoms with van der Waals surface area (Å²) in [5, 5.41) is 9.49. The van der Waals surface area contributed by atoms with Crippen LogP contribution in [0.3, 0.4) is 0 Å². The Labute approximate surface area is 226 Å². The van der Waals surface area contributed by atoms with Gasteiger partial charge in [0.1, 0.15) is 28.9 Å². The number of rotatable bonds is 6. The minimum absolute atomic E-state index is 0.00572. The Morgan fingerprint density at radius 3 is 2.49 bits per heavy atom. The van der Waals surface area contributed by atoms with E-state index in [0.717, 1.165) is 18.4 Å². The van der Waals surface area contributed by atoms with Crippen LogP contribution in [0.2, 0.25) is 0 Å². The molecule has 1 fully saturated rings. The van der Waals surface area contributed by atoms with Crippen molar-refractivity contribution in [3.8, 4) is 6.07 Å². The average Bonchev–Trinajstić information content (AvgIpc) is 2.95. The van der Waals surface area contributed by atoms with Crippen LogP contribution < -0.4 is 10.5 Å². The van der Waals surface area contributed by atoms with Crippen LogP contribution in [0.4, 0.5) is 14.5 Å². The predicted molar refractivity (Wildman–Crippen MR) is 146 cm³/mol. The first kappa shape index (κ1) is 26.4. The van der Waals surface area contributed by atoms with Crippen molar-refractivity contribution < 1.29 is 8.78 Å². The van der Waals surface area contributed by atoms with Gasteiger partial charge >= 0.3 is 0 Å². The number of fused-ring (bicyclic) bond motifs is 1. The highest BCUT2D eigenvalue weighted by Crippen LogP contribution is 2.37. The van der Waals surface area contributed by atoms with E-state index >= 15 is 0 Å². The molecule has 4 heterocycles. The van der Waals surface area contributed by atoms with E-state index in [1.807, 2.05) is 6.07 Å². The summed E-state index contributed by atoms with van der Waals surface area (Å²) in [7, 11) is 1.70.